The maximum atomic E-state index is 9.00. The maximum Gasteiger partial charge on any atom is 1.00 e. The molecular formula is C2H8Cl2N3NaO. The number of urea groups is 1. The zero-order valence-electron chi connectivity index (χ0n) is 5.90. The van der Waals surface area contributed by atoms with Gasteiger partial charge in [-0.05, 0) is 0 Å². The van der Waals surface area contributed by atoms with Gasteiger partial charge in [0.1, 0.15) is 0 Å². The van der Waals surface area contributed by atoms with E-state index in [1.165, 1.54) is 0 Å². The van der Waals surface area contributed by atoms with E-state index < -0.39 is 6.03 Å². The van der Waals surface area contributed by atoms with Gasteiger partial charge in [-0.3, -0.25) is 0 Å². The predicted octanol–water partition coefficient (Wildman–Crippen LogP) is -2.88. The monoisotopic (exact) mass is 183 g/mol. The van der Waals surface area contributed by atoms with Crippen LogP contribution in [0.4, 0.5) is 4.79 Å². The van der Waals surface area contributed by atoms with E-state index in [4.69, 9.17) is 10.1 Å². The van der Waals surface area contributed by atoms with Gasteiger partial charge in [-0.2, -0.15) is 0 Å². The predicted molar refractivity (Wildman–Crippen MR) is 36.0 cm³/mol. The number of rotatable bonds is 0. The van der Waals surface area contributed by atoms with Gasteiger partial charge in [0.2, 0.25) is 0 Å². The van der Waals surface area contributed by atoms with E-state index in [9.17, 15) is 0 Å². The number of carbonyl (C=O) groups is 1. The molecule has 0 aromatic heterocycles. The van der Waals surface area contributed by atoms with Crippen molar-refractivity contribution in [1.29, 1.82) is 5.26 Å². The summed E-state index contributed by atoms with van der Waals surface area (Å²) in [4.78, 5) is 9.00. The molecule has 0 bridgehead atoms. The minimum atomic E-state index is -0.833. The van der Waals surface area contributed by atoms with Crippen LogP contribution in [0.3, 0.4) is 0 Å². The average Bonchev–Trinajstić information content (AvgIpc) is 1.41. The van der Waals surface area contributed by atoms with Crippen molar-refractivity contribution in [2.45, 2.75) is 0 Å². The molecule has 0 aromatic rings. The molecular weight excluding hydrogens is 176 g/mol. The molecule has 0 aromatic carbocycles. The first-order valence-corrected chi connectivity index (χ1v) is 1.04. The van der Waals surface area contributed by atoms with Crippen LogP contribution < -0.4 is 41.0 Å². The van der Waals surface area contributed by atoms with E-state index in [2.05, 4.69) is 18.0 Å². The zero-order chi connectivity index (χ0) is 5.58. The second-order valence-electron chi connectivity index (χ2n) is 0.402. The molecule has 0 fully saturated rings. The number of nitrogens with zero attached hydrogens (tertiary/aromatic N) is 1. The Bertz CT molecular complexity index is 68.8. The van der Waals surface area contributed by atoms with Crippen LogP contribution in [0.1, 0.15) is 1.43 Å². The van der Waals surface area contributed by atoms with Crippen LogP contribution >= 0.6 is 24.8 Å². The van der Waals surface area contributed by atoms with Gasteiger partial charge in [-0.25, -0.2) is 10.1 Å². The van der Waals surface area contributed by atoms with Crippen molar-refractivity contribution in [3.05, 3.63) is 0 Å². The van der Waals surface area contributed by atoms with E-state index in [0.717, 1.165) is 0 Å². The summed E-state index contributed by atoms with van der Waals surface area (Å²) in [6.45, 7) is 3.50. The first kappa shape index (κ1) is 34.5. The molecule has 0 atom stereocenters. The second kappa shape index (κ2) is 40.3. The summed E-state index contributed by atoms with van der Waals surface area (Å²) in [7, 11) is 0. The molecule has 9 heavy (non-hydrogen) atoms. The topological polar surface area (TPSA) is 92.9 Å². The fourth-order valence-corrected chi connectivity index (χ4v) is 0. The standard InChI is InChI=1S/CH4N2O.CHN.2ClH.Na.H/c2-1(3)4;1-2;;;;/h(H4,2,3,4);1H;2*1H;;/q;;;;+1;-1. The molecule has 7 heteroatoms. The van der Waals surface area contributed by atoms with Gasteiger partial charge >= 0.3 is 35.6 Å². The maximum absolute atomic E-state index is 9.00. The third-order valence-corrected chi connectivity index (χ3v) is 0. The fraction of sp³-hybridized carbons (Fsp3) is 0. The van der Waals surface area contributed by atoms with Crippen molar-refractivity contribution >= 4 is 30.8 Å². The number of hydrogen-bond acceptors (Lipinski definition) is 2. The van der Waals surface area contributed by atoms with Crippen LogP contribution in [-0.4, -0.2) is 6.03 Å². The quantitative estimate of drug-likeness (QED) is 0.396. The number of primary amides is 2. The Labute approximate surface area is 89.5 Å². The second-order valence-corrected chi connectivity index (χ2v) is 0.402. The van der Waals surface area contributed by atoms with Gasteiger partial charge in [0, 0.05) is 6.57 Å². The Morgan fingerprint density at radius 2 is 1.33 bits per heavy atom. The van der Waals surface area contributed by atoms with E-state index in [-0.39, 0.29) is 55.8 Å². The van der Waals surface area contributed by atoms with E-state index >= 15 is 0 Å². The SMILES string of the molecule is C#N.Cl.Cl.NC(N)=O.[H-].[Na+]. The molecule has 0 saturated heterocycles. The third kappa shape index (κ3) is 2900. The Balaban J connectivity index is -0.00000000625. The average molecular weight is 184 g/mol. The Morgan fingerprint density at radius 1 is 1.33 bits per heavy atom. The normalized spacial score (nSPS) is 2.89. The van der Waals surface area contributed by atoms with E-state index in [1.54, 1.807) is 0 Å². The Hall–Kier alpha value is 0.340. The molecule has 4 N–H and O–H groups in total. The summed E-state index contributed by atoms with van der Waals surface area (Å²) in [6.07, 6.45) is 0. The molecule has 0 aliphatic carbocycles. The first-order chi connectivity index (χ1) is 2.73. The number of hydrogen-bond donors (Lipinski definition) is 2. The molecule has 0 saturated carbocycles. The van der Waals surface area contributed by atoms with Crippen LogP contribution in [0, 0.1) is 11.8 Å². The van der Waals surface area contributed by atoms with Crippen LogP contribution in [0.15, 0.2) is 0 Å². The first-order valence-electron chi connectivity index (χ1n) is 1.04. The number of amides is 2. The van der Waals surface area contributed by atoms with Crippen molar-refractivity contribution in [2.24, 2.45) is 11.5 Å². The molecule has 0 aliphatic heterocycles. The number of carbonyl (C=O) groups excluding carboxylic acids is 1. The third-order valence-electron chi connectivity index (χ3n) is 0. The van der Waals surface area contributed by atoms with E-state index in [0.29, 0.717) is 0 Å². The summed E-state index contributed by atoms with van der Waals surface area (Å²) in [5, 5.41) is 6.50. The van der Waals surface area contributed by atoms with Crippen LogP contribution in [-0.2, 0) is 0 Å². The zero-order valence-corrected chi connectivity index (χ0v) is 8.54. The minimum Gasteiger partial charge on any atom is -1.00 e. The molecule has 52 valence electrons. The van der Waals surface area contributed by atoms with Crippen molar-refractivity contribution < 1.29 is 35.8 Å². The molecule has 0 heterocycles. The van der Waals surface area contributed by atoms with Gasteiger partial charge < -0.3 is 12.9 Å². The molecule has 0 spiro atoms. The van der Waals surface area contributed by atoms with Crippen LogP contribution in [0.2, 0.25) is 0 Å². The Kier molecular flexibility index (Phi) is 154. The summed E-state index contributed by atoms with van der Waals surface area (Å²) in [5.41, 5.74) is 8.50. The van der Waals surface area contributed by atoms with Crippen molar-refractivity contribution in [3.8, 4) is 6.57 Å². The van der Waals surface area contributed by atoms with Gasteiger partial charge in [0.15, 0.2) is 0 Å². The van der Waals surface area contributed by atoms with Crippen molar-refractivity contribution in [3.63, 3.8) is 0 Å². The fourth-order valence-electron chi connectivity index (χ4n) is 0. The molecule has 4 nitrogen and oxygen atoms in total. The number of halogens is 2. The molecule has 0 unspecified atom stereocenters. The molecule has 2 amide bonds. The number of nitrogens with two attached hydrogens (primary N) is 2. The molecule has 0 rings (SSSR count). The van der Waals surface area contributed by atoms with Gasteiger partial charge in [-0.1, -0.05) is 0 Å². The van der Waals surface area contributed by atoms with Gasteiger partial charge in [-0.15, -0.1) is 24.8 Å². The largest absolute Gasteiger partial charge is 1.00 e. The molecule has 0 radical (unpaired) electrons. The smallest absolute Gasteiger partial charge is 1.00 e. The summed E-state index contributed by atoms with van der Waals surface area (Å²) >= 11 is 0. The minimum absolute atomic E-state index is 0. The van der Waals surface area contributed by atoms with Gasteiger partial charge in [0.25, 0.3) is 0 Å². The summed E-state index contributed by atoms with van der Waals surface area (Å²) in [6, 6.07) is -0.833. The van der Waals surface area contributed by atoms with Crippen molar-refractivity contribution in [1.82, 2.24) is 0 Å². The van der Waals surface area contributed by atoms with E-state index in [1.807, 2.05) is 0 Å². The molecule has 0 aliphatic rings. The summed E-state index contributed by atoms with van der Waals surface area (Å²) < 4.78 is 0. The van der Waals surface area contributed by atoms with Crippen LogP contribution in [0.5, 0.6) is 0 Å². The number of nitriles is 1. The Morgan fingerprint density at radius 3 is 1.33 bits per heavy atom. The van der Waals surface area contributed by atoms with Crippen molar-refractivity contribution in [2.75, 3.05) is 0 Å². The van der Waals surface area contributed by atoms with Crippen LogP contribution in [0.25, 0.3) is 0 Å². The summed E-state index contributed by atoms with van der Waals surface area (Å²) in [5.74, 6) is 0. The van der Waals surface area contributed by atoms with Gasteiger partial charge in [0.05, 0.1) is 0 Å².